The van der Waals surface area contributed by atoms with Crippen molar-refractivity contribution in [1.82, 2.24) is 14.5 Å². The maximum absolute atomic E-state index is 4.51. The summed E-state index contributed by atoms with van der Waals surface area (Å²) < 4.78 is 2.23. The van der Waals surface area contributed by atoms with Crippen LogP contribution in [0.25, 0.3) is 0 Å². The van der Waals surface area contributed by atoms with Crippen molar-refractivity contribution >= 4 is 5.69 Å². The number of rotatable bonds is 2. The van der Waals surface area contributed by atoms with Crippen LogP contribution in [0.4, 0.5) is 5.69 Å². The van der Waals surface area contributed by atoms with Crippen LogP contribution in [0.5, 0.6) is 0 Å². The number of benzene rings is 1. The summed E-state index contributed by atoms with van der Waals surface area (Å²) in [4.78, 5) is 6.69. The van der Waals surface area contributed by atoms with Gasteiger partial charge in [0, 0.05) is 24.6 Å². The van der Waals surface area contributed by atoms with E-state index in [1.807, 2.05) is 6.20 Å². The van der Waals surface area contributed by atoms with E-state index in [2.05, 4.69) is 64.3 Å². The van der Waals surface area contributed by atoms with Crippen molar-refractivity contribution in [2.24, 2.45) is 0 Å². The second-order valence-corrected chi connectivity index (χ2v) is 5.03. The van der Waals surface area contributed by atoms with Crippen LogP contribution in [0.15, 0.2) is 36.7 Å². The molecule has 3 rings (SSSR count). The molecule has 0 spiro atoms. The number of imidazole rings is 1. The number of anilines is 1. The molecule has 1 N–H and O–H groups in total. The molecule has 0 aliphatic carbocycles. The first-order chi connectivity index (χ1) is 8.74. The highest BCUT2D eigenvalue weighted by molar-refractivity contribution is 5.53. The number of hydrogen-bond donors (Lipinski definition) is 1. The van der Waals surface area contributed by atoms with E-state index in [9.17, 15) is 0 Å². The summed E-state index contributed by atoms with van der Waals surface area (Å²) in [6, 6.07) is 8.71. The molecular weight excluding hydrogens is 224 g/mol. The van der Waals surface area contributed by atoms with Crippen molar-refractivity contribution in [2.45, 2.75) is 12.6 Å². The fraction of sp³-hybridized carbons (Fsp3) is 0.357. The maximum atomic E-state index is 4.51. The van der Waals surface area contributed by atoms with Crippen molar-refractivity contribution < 1.29 is 0 Å². The van der Waals surface area contributed by atoms with Crippen molar-refractivity contribution in [3.63, 3.8) is 0 Å². The molecule has 0 saturated heterocycles. The molecule has 0 bridgehead atoms. The minimum Gasteiger partial charge on any atom is -0.374 e. The molecule has 0 radical (unpaired) electrons. The SMILES string of the molecule is CN(C)CC1Nc2ccccc2Cn2ccnc21. The standard InChI is InChI=1S/C14H18N4/c1-17(2)10-13-14-15-7-8-18(14)9-11-5-3-4-6-12(11)16-13/h3-8,13,16H,9-10H2,1-2H3. The highest BCUT2D eigenvalue weighted by Gasteiger charge is 2.22. The smallest absolute Gasteiger partial charge is 0.132 e. The zero-order chi connectivity index (χ0) is 12.5. The molecule has 1 aromatic carbocycles. The quantitative estimate of drug-likeness (QED) is 0.874. The third kappa shape index (κ3) is 1.99. The summed E-state index contributed by atoms with van der Waals surface area (Å²) in [6.07, 6.45) is 3.94. The van der Waals surface area contributed by atoms with Gasteiger partial charge in [0.15, 0.2) is 0 Å². The lowest BCUT2D eigenvalue weighted by Gasteiger charge is -2.21. The Balaban J connectivity index is 2.02. The fourth-order valence-electron chi connectivity index (χ4n) is 2.49. The first kappa shape index (κ1) is 11.3. The summed E-state index contributed by atoms with van der Waals surface area (Å²) in [7, 11) is 4.18. The second kappa shape index (κ2) is 4.46. The first-order valence-electron chi connectivity index (χ1n) is 6.24. The van der Waals surface area contributed by atoms with Crippen molar-refractivity contribution in [1.29, 1.82) is 0 Å². The molecule has 0 fully saturated rings. The Bertz CT molecular complexity index is 544. The molecule has 0 amide bonds. The van der Waals surface area contributed by atoms with Gasteiger partial charge in [-0.15, -0.1) is 0 Å². The summed E-state index contributed by atoms with van der Waals surface area (Å²) in [5.74, 6) is 1.11. The largest absolute Gasteiger partial charge is 0.374 e. The van der Waals surface area contributed by atoms with Crippen LogP contribution in [-0.4, -0.2) is 35.1 Å². The Morgan fingerprint density at radius 1 is 1.39 bits per heavy atom. The summed E-state index contributed by atoms with van der Waals surface area (Å²) in [6.45, 7) is 1.83. The van der Waals surface area contributed by atoms with Gasteiger partial charge < -0.3 is 14.8 Å². The lowest BCUT2D eigenvalue weighted by Crippen LogP contribution is -2.26. The molecule has 4 heteroatoms. The first-order valence-corrected chi connectivity index (χ1v) is 6.24. The Labute approximate surface area is 107 Å². The van der Waals surface area contributed by atoms with Crippen LogP contribution in [0, 0.1) is 0 Å². The van der Waals surface area contributed by atoms with Crippen LogP contribution >= 0.6 is 0 Å². The summed E-state index contributed by atoms with van der Waals surface area (Å²) in [5.41, 5.74) is 2.54. The number of hydrogen-bond acceptors (Lipinski definition) is 3. The minimum atomic E-state index is 0.235. The molecule has 0 saturated carbocycles. The molecule has 4 nitrogen and oxygen atoms in total. The number of aromatic nitrogens is 2. The van der Waals surface area contributed by atoms with Crippen LogP contribution in [0.1, 0.15) is 17.4 Å². The molecule has 94 valence electrons. The molecule has 1 aliphatic rings. The van der Waals surface area contributed by atoms with Crippen molar-refractivity contribution in [2.75, 3.05) is 26.0 Å². The highest BCUT2D eigenvalue weighted by Crippen LogP contribution is 2.27. The summed E-state index contributed by atoms with van der Waals surface area (Å²) >= 11 is 0. The van der Waals surface area contributed by atoms with Gasteiger partial charge in [-0.2, -0.15) is 0 Å². The van der Waals surface area contributed by atoms with Crippen LogP contribution in [0.2, 0.25) is 0 Å². The van der Waals surface area contributed by atoms with Crippen LogP contribution in [0.3, 0.4) is 0 Å². The molecular formula is C14H18N4. The van der Waals surface area contributed by atoms with Gasteiger partial charge >= 0.3 is 0 Å². The van der Waals surface area contributed by atoms with Gasteiger partial charge in [0.25, 0.3) is 0 Å². The Morgan fingerprint density at radius 2 is 2.22 bits per heavy atom. The van der Waals surface area contributed by atoms with E-state index in [0.717, 1.165) is 18.9 Å². The van der Waals surface area contributed by atoms with E-state index in [1.54, 1.807) is 0 Å². The third-order valence-electron chi connectivity index (χ3n) is 3.29. The van der Waals surface area contributed by atoms with E-state index in [1.165, 1.54) is 11.3 Å². The summed E-state index contributed by atoms with van der Waals surface area (Å²) in [5, 5.41) is 3.61. The van der Waals surface area contributed by atoms with Gasteiger partial charge in [-0.05, 0) is 25.7 Å². The molecule has 1 aliphatic heterocycles. The number of nitrogens with zero attached hydrogens (tertiary/aromatic N) is 3. The highest BCUT2D eigenvalue weighted by atomic mass is 15.2. The lowest BCUT2D eigenvalue weighted by atomic mass is 10.1. The number of para-hydroxylation sites is 1. The van der Waals surface area contributed by atoms with Gasteiger partial charge in [0.2, 0.25) is 0 Å². The zero-order valence-electron chi connectivity index (χ0n) is 10.8. The maximum Gasteiger partial charge on any atom is 0.132 e. The normalized spacial score (nSPS) is 17.8. The van der Waals surface area contributed by atoms with Crippen LogP contribution < -0.4 is 5.32 Å². The predicted octanol–water partition coefficient (Wildman–Crippen LogP) is 1.96. The molecule has 1 atom stereocenters. The van der Waals surface area contributed by atoms with E-state index in [-0.39, 0.29) is 6.04 Å². The van der Waals surface area contributed by atoms with Gasteiger partial charge in [-0.25, -0.2) is 4.98 Å². The van der Waals surface area contributed by atoms with E-state index in [4.69, 9.17) is 0 Å². The second-order valence-electron chi connectivity index (χ2n) is 5.03. The van der Waals surface area contributed by atoms with Gasteiger partial charge in [0.1, 0.15) is 5.82 Å². The van der Waals surface area contributed by atoms with E-state index >= 15 is 0 Å². The van der Waals surface area contributed by atoms with E-state index in [0.29, 0.717) is 0 Å². The molecule has 1 unspecified atom stereocenters. The number of nitrogens with one attached hydrogen (secondary N) is 1. The Hall–Kier alpha value is -1.81. The Kier molecular flexibility index (Phi) is 2.80. The average Bonchev–Trinajstić information content (AvgIpc) is 2.73. The van der Waals surface area contributed by atoms with Gasteiger partial charge in [-0.1, -0.05) is 18.2 Å². The van der Waals surface area contributed by atoms with E-state index < -0.39 is 0 Å². The fourth-order valence-corrected chi connectivity index (χ4v) is 2.49. The van der Waals surface area contributed by atoms with Gasteiger partial charge in [-0.3, -0.25) is 0 Å². The van der Waals surface area contributed by atoms with Crippen molar-refractivity contribution in [3.8, 4) is 0 Å². The van der Waals surface area contributed by atoms with Gasteiger partial charge in [0.05, 0.1) is 12.6 Å². The Morgan fingerprint density at radius 3 is 3.06 bits per heavy atom. The monoisotopic (exact) mass is 242 g/mol. The molecule has 2 heterocycles. The topological polar surface area (TPSA) is 33.1 Å². The third-order valence-corrected chi connectivity index (χ3v) is 3.29. The minimum absolute atomic E-state index is 0.235. The molecule has 18 heavy (non-hydrogen) atoms. The average molecular weight is 242 g/mol. The van der Waals surface area contributed by atoms with Crippen LogP contribution in [-0.2, 0) is 6.54 Å². The molecule has 2 aromatic rings. The number of fused-ring (bicyclic) bond motifs is 2. The zero-order valence-corrected chi connectivity index (χ0v) is 10.8. The predicted molar refractivity (Wildman–Crippen MR) is 72.7 cm³/mol. The lowest BCUT2D eigenvalue weighted by molar-refractivity contribution is 0.378. The molecule has 1 aromatic heterocycles. The van der Waals surface area contributed by atoms with Crippen molar-refractivity contribution in [3.05, 3.63) is 48.0 Å². The number of likely N-dealkylation sites (N-methyl/N-ethyl adjacent to an activating group) is 1.